The second-order valence-electron chi connectivity index (χ2n) is 2.84. The molecule has 0 saturated heterocycles. The van der Waals surface area contributed by atoms with Gasteiger partial charge in [-0.3, -0.25) is 0 Å². The highest BCUT2D eigenvalue weighted by molar-refractivity contribution is 5.36. The molecule has 0 aromatic heterocycles. The van der Waals surface area contributed by atoms with E-state index in [0.29, 0.717) is 12.2 Å². The molecule has 0 bridgehead atoms. The topological polar surface area (TPSA) is 45.0 Å². The van der Waals surface area contributed by atoms with Crippen LogP contribution in [0.2, 0.25) is 0 Å². The van der Waals surface area contributed by atoms with Gasteiger partial charge in [0.05, 0.1) is 11.6 Å². The van der Waals surface area contributed by atoms with Gasteiger partial charge < -0.3 is 10.1 Å². The van der Waals surface area contributed by atoms with Crippen LogP contribution in [0.4, 0.5) is 0 Å². The number of rotatable bonds is 5. The van der Waals surface area contributed by atoms with Crippen LogP contribution in [0.5, 0.6) is 5.75 Å². The molecule has 1 N–H and O–H groups in total. The lowest BCUT2D eigenvalue weighted by Gasteiger charge is -2.05. The maximum Gasteiger partial charge on any atom is 0.120 e. The summed E-state index contributed by atoms with van der Waals surface area (Å²) in [6, 6.07) is 9.25. The molecule has 1 rings (SSSR count). The van der Waals surface area contributed by atoms with Gasteiger partial charge in [-0.2, -0.15) is 5.26 Å². The molecule has 0 fully saturated rings. The van der Waals surface area contributed by atoms with Crippen molar-refractivity contribution >= 4 is 0 Å². The van der Waals surface area contributed by atoms with E-state index in [-0.39, 0.29) is 0 Å². The molecular formula is C11H14N2O. The van der Waals surface area contributed by atoms with Crippen LogP contribution < -0.4 is 10.1 Å². The smallest absolute Gasteiger partial charge is 0.120 e. The minimum atomic E-state index is 0.628. The largest absolute Gasteiger partial charge is 0.492 e. The van der Waals surface area contributed by atoms with E-state index in [4.69, 9.17) is 10.00 Å². The Labute approximate surface area is 84.3 Å². The first kappa shape index (κ1) is 10.6. The molecule has 0 unspecified atom stereocenters. The summed E-state index contributed by atoms with van der Waals surface area (Å²) in [6.07, 6.45) is 0. The summed E-state index contributed by atoms with van der Waals surface area (Å²) < 4.78 is 5.44. The Kier molecular flexibility index (Phi) is 4.53. The third kappa shape index (κ3) is 3.46. The predicted molar refractivity (Wildman–Crippen MR) is 55.2 cm³/mol. The molecule has 0 saturated carbocycles. The quantitative estimate of drug-likeness (QED) is 0.716. The summed E-state index contributed by atoms with van der Waals surface area (Å²) in [4.78, 5) is 0. The highest BCUT2D eigenvalue weighted by Crippen LogP contribution is 2.11. The maximum atomic E-state index is 8.65. The average Bonchev–Trinajstić information content (AvgIpc) is 2.25. The van der Waals surface area contributed by atoms with Gasteiger partial charge in [0.15, 0.2) is 0 Å². The van der Waals surface area contributed by atoms with Crippen LogP contribution in [0.25, 0.3) is 0 Å². The van der Waals surface area contributed by atoms with E-state index in [9.17, 15) is 0 Å². The molecular weight excluding hydrogens is 176 g/mol. The number of likely N-dealkylation sites (N-methyl/N-ethyl adjacent to an activating group) is 1. The monoisotopic (exact) mass is 190 g/mol. The third-order valence-corrected chi connectivity index (χ3v) is 1.76. The first-order chi connectivity index (χ1) is 6.86. The normalized spacial score (nSPS) is 9.43. The standard InChI is InChI=1S/C11H14N2O/c1-2-13-6-7-14-11-5-3-4-10(8-11)9-12/h3-5,8,13H,2,6-7H2,1H3. The van der Waals surface area contributed by atoms with Crippen LogP contribution in [0, 0.1) is 11.3 Å². The Hall–Kier alpha value is -1.53. The van der Waals surface area contributed by atoms with E-state index < -0.39 is 0 Å². The number of hydrogen-bond acceptors (Lipinski definition) is 3. The SMILES string of the molecule is CCNCCOc1cccc(C#N)c1. The van der Waals surface area contributed by atoms with Crippen molar-refractivity contribution in [3.63, 3.8) is 0 Å². The highest BCUT2D eigenvalue weighted by Gasteiger charge is 1.94. The van der Waals surface area contributed by atoms with Gasteiger partial charge in [-0.1, -0.05) is 13.0 Å². The molecule has 0 aliphatic heterocycles. The number of nitriles is 1. The van der Waals surface area contributed by atoms with Gasteiger partial charge in [-0.05, 0) is 24.7 Å². The van der Waals surface area contributed by atoms with Crippen molar-refractivity contribution in [2.75, 3.05) is 19.7 Å². The van der Waals surface area contributed by atoms with E-state index in [1.807, 2.05) is 12.1 Å². The molecule has 0 spiro atoms. The zero-order valence-electron chi connectivity index (χ0n) is 8.29. The van der Waals surface area contributed by atoms with Crippen LogP contribution in [0.3, 0.4) is 0 Å². The van der Waals surface area contributed by atoms with Gasteiger partial charge in [0.2, 0.25) is 0 Å². The van der Waals surface area contributed by atoms with Crippen molar-refractivity contribution in [1.29, 1.82) is 5.26 Å². The molecule has 3 heteroatoms. The molecule has 0 atom stereocenters. The van der Waals surface area contributed by atoms with E-state index in [2.05, 4.69) is 18.3 Å². The summed E-state index contributed by atoms with van der Waals surface area (Å²) in [6.45, 7) is 4.45. The number of nitrogens with zero attached hydrogens (tertiary/aromatic N) is 1. The fourth-order valence-electron chi connectivity index (χ4n) is 1.07. The lowest BCUT2D eigenvalue weighted by Crippen LogP contribution is -2.20. The molecule has 0 amide bonds. The van der Waals surface area contributed by atoms with Gasteiger partial charge in [0, 0.05) is 6.54 Å². The first-order valence-electron chi connectivity index (χ1n) is 4.70. The van der Waals surface area contributed by atoms with Crippen LogP contribution in [-0.2, 0) is 0 Å². The van der Waals surface area contributed by atoms with Crippen LogP contribution >= 0.6 is 0 Å². The summed E-state index contributed by atoms with van der Waals surface area (Å²) in [5, 5.41) is 11.8. The fourth-order valence-corrected chi connectivity index (χ4v) is 1.07. The van der Waals surface area contributed by atoms with Gasteiger partial charge in [0.1, 0.15) is 12.4 Å². The Morgan fingerprint density at radius 3 is 3.07 bits per heavy atom. The van der Waals surface area contributed by atoms with E-state index in [0.717, 1.165) is 18.8 Å². The van der Waals surface area contributed by atoms with E-state index >= 15 is 0 Å². The average molecular weight is 190 g/mol. The molecule has 0 aliphatic carbocycles. The third-order valence-electron chi connectivity index (χ3n) is 1.76. The molecule has 0 aliphatic rings. The zero-order valence-corrected chi connectivity index (χ0v) is 8.29. The summed E-state index contributed by atoms with van der Waals surface area (Å²) in [5.74, 6) is 0.752. The van der Waals surface area contributed by atoms with Crippen LogP contribution in [0.1, 0.15) is 12.5 Å². The molecule has 1 aromatic carbocycles. The first-order valence-corrected chi connectivity index (χ1v) is 4.70. The second kappa shape index (κ2) is 6.01. The number of benzene rings is 1. The van der Waals surface area contributed by atoms with Crippen molar-refractivity contribution in [1.82, 2.24) is 5.32 Å². The Morgan fingerprint density at radius 2 is 2.36 bits per heavy atom. The summed E-state index contributed by atoms with van der Waals surface area (Å²) >= 11 is 0. The van der Waals surface area contributed by atoms with Gasteiger partial charge in [0.25, 0.3) is 0 Å². The van der Waals surface area contributed by atoms with E-state index in [1.54, 1.807) is 12.1 Å². The van der Waals surface area contributed by atoms with Gasteiger partial charge >= 0.3 is 0 Å². The van der Waals surface area contributed by atoms with Crippen molar-refractivity contribution in [3.05, 3.63) is 29.8 Å². The van der Waals surface area contributed by atoms with Crippen molar-refractivity contribution in [2.24, 2.45) is 0 Å². The van der Waals surface area contributed by atoms with E-state index in [1.165, 1.54) is 0 Å². The predicted octanol–water partition coefficient (Wildman–Crippen LogP) is 1.55. The Balaban J connectivity index is 2.39. The second-order valence-corrected chi connectivity index (χ2v) is 2.84. The fraction of sp³-hybridized carbons (Fsp3) is 0.364. The Morgan fingerprint density at radius 1 is 1.50 bits per heavy atom. The van der Waals surface area contributed by atoms with Gasteiger partial charge in [-0.15, -0.1) is 0 Å². The highest BCUT2D eigenvalue weighted by atomic mass is 16.5. The summed E-state index contributed by atoms with van der Waals surface area (Å²) in [7, 11) is 0. The van der Waals surface area contributed by atoms with Crippen LogP contribution in [-0.4, -0.2) is 19.7 Å². The van der Waals surface area contributed by atoms with Crippen LogP contribution in [0.15, 0.2) is 24.3 Å². The zero-order chi connectivity index (χ0) is 10.2. The maximum absolute atomic E-state index is 8.65. The van der Waals surface area contributed by atoms with Crippen molar-refractivity contribution < 1.29 is 4.74 Å². The molecule has 14 heavy (non-hydrogen) atoms. The van der Waals surface area contributed by atoms with Gasteiger partial charge in [-0.25, -0.2) is 0 Å². The minimum absolute atomic E-state index is 0.628. The van der Waals surface area contributed by atoms with Crippen molar-refractivity contribution in [3.8, 4) is 11.8 Å². The molecule has 0 heterocycles. The number of nitrogens with one attached hydrogen (secondary N) is 1. The minimum Gasteiger partial charge on any atom is -0.492 e. The number of hydrogen-bond donors (Lipinski definition) is 1. The van der Waals surface area contributed by atoms with Crippen molar-refractivity contribution in [2.45, 2.75) is 6.92 Å². The lowest BCUT2D eigenvalue weighted by atomic mass is 10.2. The molecule has 0 radical (unpaired) electrons. The molecule has 74 valence electrons. The number of ether oxygens (including phenoxy) is 1. The Bertz CT molecular complexity index is 317. The summed E-state index contributed by atoms with van der Waals surface area (Å²) in [5.41, 5.74) is 0.631. The molecule has 3 nitrogen and oxygen atoms in total. The molecule has 1 aromatic rings. The lowest BCUT2D eigenvalue weighted by molar-refractivity contribution is 0.315.